The zero-order valence-corrected chi connectivity index (χ0v) is 13.4. The SMILES string of the molecule is Nc1cc(C(F)(F)F)ccc1/C(=C/c1ccc(Cl)cc1Cl)C(=O)O. The van der Waals surface area contributed by atoms with Crippen LogP contribution in [0.4, 0.5) is 18.9 Å². The monoisotopic (exact) mass is 375 g/mol. The second-order valence-electron chi connectivity index (χ2n) is 4.83. The van der Waals surface area contributed by atoms with Crippen LogP contribution in [-0.4, -0.2) is 11.1 Å². The van der Waals surface area contributed by atoms with Crippen molar-refractivity contribution in [3.8, 4) is 0 Å². The van der Waals surface area contributed by atoms with Crippen molar-refractivity contribution < 1.29 is 23.1 Å². The molecule has 0 spiro atoms. The Kier molecular flexibility index (Phi) is 5.11. The number of nitrogen functional groups attached to an aromatic ring is 1. The van der Waals surface area contributed by atoms with Gasteiger partial charge in [0.25, 0.3) is 0 Å². The van der Waals surface area contributed by atoms with Crippen molar-refractivity contribution in [2.24, 2.45) is 0 Å². The summed E-state index contributed by atoms with van der Waals surface area (Å²) in [4.78, 5) is 11.5. The summed E-state index contributed by atoms with van der Waals surface area (Å²) in [5, 5.41) is 9.94. The molecule has 0 atom stereocenters. The maximum absolute atomic E-state index is 12.7. The van der Waals surface area contributed by atoms with Gasteiger partial charge in [-0.15, -0.1) is 0 Å². The van der Waals surface area contributed by atoms with Gasteiger partial charge in [0.05, 0.1) is 11.1 Å². The first-order valence-electron chi connectivity index (χ1n) is 6.46. The van der Waals surface area contributed by atoms with Crippen molar-refractivity contribution in [2.45, 2.75) is 6.18 Å². The first-order valence-corrected chi connectivity index (χ1v) is 7.22. The van der Waals surface area contributed by atoms with Crippen LogP contribution in [0.25, 0.3) is 11.6 Å². The molecule has 2 aromatic rings. The molecule has 126 valence electrons. The predicted molar refractivity (Wildman–Crippen MR) is 87.8 cm³/mol. The van der Waals surface area contributed by atoms with Crippen LogP contribution < -0.4 is 5.73 Å². The molecule has 0 saturated carbocycles. The highest BCUT2D eigenvalue weighted by Crippen LogP contribution is 2.34. The molecule has 3 N–H and O–H groups in total. The lowest BCUT2D eigenvalue weighted by Crippen LogP contribution is -2.08. The summed E-state index contributed by atoms with van der Waals surface area (Å²) in [6.45, 7) is 0. The number of halogens is 5. The van der Waals surface area contributed by atoms with E-state index in [1.54, 1.807) is 0 Å². The van der Waals surface area contributed by atoms with Gasteiger partial charge in [-0.1, -0.05) is 35.3 Å². The number of rotatable bonds is 3. The van der Waals surface area contributed by atoms with Crippen LogP contribution in [-0.2, 0) is 11.0 Å². The Morgan fingerprint density at radius 2 is 1.79 bits per heavy atom. The standard InChI is InChI=1S/C16H10Cl2F3NO2/c17-10-3-1-8(13(18)7-10)5-12(15(23)24)11-4-2-9(6-14(11)22)16(19,20)21/h1-7H,22H2,(H,23,24)/b12-5-. The summed E-state index contributed by atoms with van der Waals surface area (Å²) in [7, 11) is 0. The smallest absolute Gasteiger partial charge is 0.416 e. The molecule has 2 aromatic carbocycles. The number of benzene rings is 2. The van der Waals surface area contributed by atoms with Crippen molar-refractivity contribution in [3.05, 3.63) is 63.1 Å². The predicted octanol–water partition coefficient (Wildman–Crippen LogP) is 5.22. The summed E-state index contributed by atoms with van der Waals surface area (Å²) in [6, 6.07) is 6.90. The van der Waals surface area contributed by atoms with Gasteiger partial charge in [0, 0.05) is 21.3 Å². The number of carboxylic acid groups (broad SMARTS) is 1. The highest BCUT2D eigenvalue weighted by Gasteiger charge is 2.31. The Labute approximate surface area is 145 Å². The molecule has 24 heavy (non-hydrogen) atoms. The Morgan fingerprint density at radius 3 is 2.29 bits per heavy atom. The van der Waals surface area contributed by atoms with E-state index in [2.05, 4.69) is 0 Å². The molecule has 2 rings (SSSR count). The van der Waals surface area contributed by atoms with Crippen LogP contribution in [0.15, 0.2) is 36.4 Å². The molecule has 0 heterocycles. The average Bonchev–Trinajstić information content (AvgIpc) is 2.45. The number of aliphatic carboxylic acids is 1. The number of carbonyl (C=O) groups is 1. The molecule has 0 aromatic heterocycles. The number of alkyl halides is 3. The summed E-state index contributed by atoms with van der Waals surface area (Å²) in [6.07, 6.45) is -3.35. The molecule has 0 aliphatic heterocycles. The molecule has 0 aliphatic rings. The summed E-state index contributed by atoms with van der Waals surface area (Å²) < 4.78 is 38.0. The number of anilines is 1. The third-order valence-electron chi connectivity index (χ3n) is 3.16. The highest BCUT2D eigenvalue weighted by molar-refractivity contribution is 6.36. The molecule has 0 aliphatic carbocycles. The van der Waals surface area contributed by atoms with Gasteiger partial charge in [0.2, 0.25) is 0 Å². The molecule has 0 amide bonds. The minimum atomic E-state index is -4.57. The van der Waals surface area contributed by atoms with Gasteiger partial charge in [0.15, 0.2) is 0 Å². The van der Waals surface area contributed by atoms with E-state index in [1.807, 2.05) is 0 Å². The van der Waals surface area contributed by atoms with Crippen LogP contribution in [0, 0.1) is 0 Å². The summed E-state index contributed by atoms with van der Waals surface area (Å²) in [5.74, 6) is -1.35. The fourth-order valence-corrected chi connectivity index (χ4v) is 2.48. The van der Waals surface area contributed by atoms with Crippen LogP contribution in [0.1, 0.15) is 16.7 Å². The Morgan fingerprint density at radius 1 is 1.12 bits per heavy atom. The Balaban J connectivity index is 2.56. The number of hydrogen-bond acceptors (Lipinski definition) is 2. The maximum Gasteiger partial charge on any atom is 0.416 e. The van der Waals surface area contributed by atoms with Crippen LogP contribution in [0.2, 0.25) is 10.0 Å². The van der Waals surface area contributed by atoms with Crippen LogP contribution >= 0.6 is 23.2 Å². The van der Waals surface area contributed by atoms with Crippen molar-refractivity contribution in [2.75, 3.05) is 5.73 Å². The van der Waals surface area contributed by atoms with E-state index in [9.17, 15) is 23.1 Å². The largest absolute Gasteiger partial charge is 0.478 e. The van der Waals surface area contributed by atoms with Crippen molar-refractivity contribution in [1.82, 2.24) is 0 Å². The average molecular weight is 376 g/mol. The molecule has 0 radical (unpaired) electrons. The topological polar surface area (TPSA) is 63.3 Å². The Bertz CT molecular complexity index is 833. The normalized spacial score (nSPS) is 12.3. The van der Waals surface area contributed by atoms with Gasteiger partial charge < -0.3 is 10.8 Å². The van der Waals surface area contributed by atoms with Gasteiger partial charge in [-0.2, -0.15) is 13.2 Å². The lowest BCUT2D eigenvalue weighted by molar-refractivity contribution is -0.137. The summed E-state index contributed by atoms with van der Waals surface area (Å²) >= 11 is 11.8. The molecule has 8 heteroatoms. The minimum Gasteiger partial charge on any atom is -0.478 e. The van der Waals surface area contributed by atoms with Crippen LogP contribution in [0.3, 0.4) is 0 Å². The second kappa shape index (κ2) is 6.75. The van der Waals surface area contributed by atoms with Gasteiger partial charge >= 0.3 is 12.1 Å². The molecule has 0 bridgehead atoms. The Hall–Kier alpha value is -2.18. The second-order valence-corrected chi connectivity index (χ2v) is 5.67. The highest BCUT2D eigenvalue weighted by atomic mass is 35.5. The van der Waals surface area contributed by atoms with Crippen molar-refractivity contribution >= 4 is 46.5 Å². The lowest BCUT2D eigenvalue weighted by Gasteiger charge is -2.12. The number of hydrogen-bond donors (Lipinski definition) is 2. The zero-order valence-electron chi connectivity index (χ0n) is 11.9. The molecular weight excluding hydrogens is 366 g/mol. The fourth-order valence-electron chi connectivity index (χ4n) is 2.01. The third-order valence-corrected chi connectivity index (χ3v) is 3.72. The zero-order chi connectivity index (χ0) is 18.1. The number of nitrogens with two attached hydrogens (primary N) is 1. The quantitative estimate of drug-likeness (QED) is 0.439. The van der Waals surface area contributed by atoms with E-state index >= 15 is 0 Å². The van der Waals surface area contributed by atoms with E-state index in [0.29, 0.717) is 16.7 Å². The van der Waals surface area contributed by atoms with Crippen molar-refractivity contribution in [3.63, 3.8) is 0 Å². The fraction of sp³-hybridized carbons (Fsp3) is 0.0625. The molecule has 3 nitrogen and oxygen atoms in total. The van der Waals surface area contributed by atoms with Gasteiger partial charge in [-0.3, -0.25) is 0 Å². The molecule has 0 unspecified atom stereocenters. The van der Waals surface area contributed by atoms with Crippen LogP contribution in [0.5, 0.6) is 0 Å². The van der Waals surface area contributed by atoms with E-state index in [-0.39, 0.29) is 21.8 Å². The van der Waals surface area contributed by atoms with Crippen molar-refractivity contribution in [1.29, 1.82) is 0 Å². The van der Waals surface area contributed by atoms with Gasteiger partial charge in [-0.25, -0.2) is 4.79 Å². The molecule has 0 saturated heterocycles. The van der Waals surface area contributed by atoms with E-state index in [0.717, 1.165) is 12.1 Å². The van der Waals surface area contributed by atoms with E-state index in [4.69, 9.17) is 28.9 Å². The molecular formula is C16H10Cl2F3NO2. The number of carboxylic acids is 1. The lowest BCUT2D eigenvalue weighted by atomic mass is 9.99. The van der Waals surface area contributed by atoms with E-state index < -0.39 is 17.7 Å². The molecule has 0 fully saturated rings. The first-order chi connectivity index (χ1) is 11.1. The third kappa shape index (κ3) is 4.01. The maximum atomic E-state index is 12.7. The van der Waals surface area contributed by atoms with Gasteiger partial charge in [-0.05, 0) is 35.9 Å². The summed E-state index contributed by atoms with van der Waals surface area (Å²) in [5.41, 5.74) is 4.37. The van der Waals surface area contributed by atoms with Gasteiger partial charge in [0.1, 0.15) is 0 Å². The van der Waals surface area contributed by atoms with E-state index in [1.165, 1.54) is 24.3 Å². The first kappa shape index (κ1) is 18.2. The minimum absolute atomic E-state index is 0.0403.